The van der Waals surface area contributed by atoms with Gasteiger partial charge in [0.15, 0.2) is 5.69 Å². The molecule has 0 aliphatic rings. The Morgan fingerprint density at radius 1 is 1.16 bits per heavy atom. The van der Waals surface area contributed by atoms with E-state index in [4.69, 9.17) is 4.74 Å². The summed E-state index contributed by atoms with van der Waals surface area (Å²) in [7, 11) is 0. The summed E-state index contributed by atoms with van der Waals surface area (Å²) in [5, 5.41) is 9.03. The predicted octanol–water partition coefficient (Wildman–Crippen LogP) is 4.02. The molecule has 0 radical (unpaired) electrons. The lowest BCUT2D eigenvalue weighted by molar-refractivity contribution is 0.0520. The van der Waals surface area contributed by atoms with Crippen molar-refractivity contribution in [2.75, 3.05) is 11.9 Å². The van der Waals surface area contributed by atoms with Crippen molar-refractivity contribution >= 4 is 39.0 Å². The molecule has 4 rings (SSSR count). The number of nitrogens with one attached hydrogen (secondary N) is 1. The van der Waals surface area contributed by atoms with Crippen molar-refractivity contribution in [3.8, 4) is 5.69 Å². The number of fused-ring (bicyclic) bond motifs is 1. The Bertz CT molecular complexity index is 1350. The SMILES string of the molecule is CCOC(=O)c1nn(-c2cccc(F)c2)c(=O)c2c(NC(=O)c3ccccc3)scc12. The third-order valence-corrected chi connectivity index (χ3v) is 5.33. The van der Waals surface area contributed by atoms with Crippen LogP contribution in [0.2, 0.25) is 0 Å². The number of hydrogen-bond acceptors (Lipinski definition) is 6. The van der Waals surface area contributed by atoms with E-state index in [9.17, 15) is 18.8 Å². The lowest BCUT2D eigenvalue weighted by Crippen LogP contribution is -2.25. The Kier molecular flexibility index (Phi) is 5.59. The van der Waals surface area contributed by atoms with E-state index in [0.29, 0.717) is 5.56 Å². The molecule has 9 heteroatoms. The third-order valence-electron chi connectivity index (χ3n) is 4.44. The first-order chi connectivity index (χ1) is 15.0. The average molecular weight is 437 g/mol. The summed E-state index contributed by atoms with van der Waals surface area (Å²) in [5.41, 5.74) is -0.145. The summed E-state index contributed by atoms with van der Waals surface area (Å²) in [6, 6.07) is 13.8. The maximum atomic E-state index is 13.8. The fraction of sp³-hybridized carbons (Fsp3) is 0.0909. The average Bonchev–Trinajstić information content (AvgIpc) is 3.19. The van der Waals surface area contributed by atoms with Crippen LogP contribution >= 0.6 is 11.3 Å². The Labute approximate surface area is 179 Å². The van der Waals surface area contributed by atoms with Crippen molar-refractivity contribution in [1.29, 1.82) is 0 Å². The number of carbonyl (C=O) groups is 2. The van der Waals surface area contributed by atoms with Gasteiger partial charge in [-0.3, -0.25) is 9.59 Å². The summed E-state index contributed by atoms with van der Waals surface area (Å²) < 4.78 is 19.8. The Balaban J connectivity index is 1.90. The van der Waals surface area contributed by atoms with E-state index in [0.717, 1.165) is 22.1 Å². The summed E-state index contributed by atoms with van der Waals surface area (Å²) in [5.74, 6) is -1.70. The van der Waals surface area contributed by atoms with Crippen LogP contribution < -0.4 is 10.9 Å². The molecule has 0 spiro atoms. The second kappa shape index (κ2) is 8.49. The van der Waals surface area contributed by atoms with Crippen LogP contribution in [0, 0.1) is 5.82 Å². The highest BCUT2D eigenvalue weighted by Gasteiger charge is 2.23. The van der Waals surface area contributed by atoms with Crippen LogP contribution in [0.4, 0.5) is 9.39 Å². The van der Waals surface area contributed by atoms with Crippen LogP contribution in [0.1, 0.15) is 27.8 Å². The number of thiophene rings is 1. The summed E-state index contributed by atoms with van der Waals surface area (Å²) in [6.45, 7) is 1.76. The van der Waals surface area contributed by atoms with Crippen molar-refractivity contribution in [3.63, 3.8) is 0 Å². The number of ether oxygens (including phenoxy) is 1. The number of aromatic nitrogens is 2. The molecule has 4 aromatic rings. The molecule has 0 atom stereocenters. The lowest BCUT2D eigenvalue weighted by Gasteiger charge is -2.10. The number of benzene rings is 2. The van der Waals surface area contributed by atoms with E-state index >= 15 is 0 Å². The van der Waals surface area contributed by atoms with Crippen molar-refractivity contribution in [2.24, 2.45) is 0 Å². The van der Waals surface area contributed by atoms with Gasteiger partial charge in [-0.15, -0.1) is 11.3 Å². The van der Waals surface area contributed by atoms with Crippen LogP contribution in [-0.4, -0.2) is 28.3 Å². The topological polar surface area (TPSA) is 90.3 Å². The van der Waals surface area contributed by atoms with Crippen LogP contribution in [0.25, 0.3) is 16.5 Å². The molecular weight excluding hydrogens is 421 g/mol. The van der Waals surface area contributed by atoms with E-state index in [-0.39, 0.29) is 33.8 Å². The molecule has 0 saturated heterocycles. The molecule has 1 N–H and O–H groups in total. The number of rotatable bonds is 5. The quantitative estimate of drug-likeness (QED) is 0.477. The van der Waals surface area contributed by atoms with Crippen LogP contribution in [0.15, 0.2) is 64.8 Å². The van der Waals surface area contributed by atoms with Gasteiger partial charge in [0, 0.05) is 16.3 Å². The van der Waals surface area contributed by atoms with Gasteiger partial charge in [0.05, 0.1) is 17.7 Å². The maximum absolute atomic E-state index is 13.8. The van der Waals surface area contributed by atoms with E-state index in [1.165, 1.54) is 18.2 Å². The van der Waals surface area contributed by atoms with Crippen LogP contribution in [0.5, 0.6) is 0 Å². The van der Waals surface area contributed by atoms with E-state index < -0.39 is 23.3 Å². The number of carbonyl (C=O) groups excluding carboxylic acids is 2. The molecule has 0 aliphatic heterocycles. The number of esters is 1. The Morgan fingerprint density at radius 3 is 2.65 bits per heavy atom. The molecule has 0 bridgehead atoms. The van der Waals surface area contributed by atoms with Crippen molar-refractivity contribution in [3.05, 3.63) is 87.4 Å². The molecule has 31 heavy (non-hydrogen) atoms. The van der Waals surface area contributed by atoms with Gasteiger partial charge in [0.2, 0.25) is 0 Å². The number of halogens is 1. The second-order valence-electron chi connectivity index (χ2n) is 6.44. The fourth-order valence-electron chi connectivity index (χ4n) is 3.04. The van der Waals surface area contributed by atoms with Gasteiger partial charge in [-0.25, -0.2) is 9.18 Å². The monoisotopic (exact) mass is 437 g/mol. The van der Waals surface area contributed by atoms with Gasteiger partial charge in [-0.2, -0.15) is 9.78 Å². The van der Waals surface area contributed by atoms with Crippen molar-refractivity contribution < 1.29 is 18.7 Å². The Morgan fingerprint density at radius 2 is 1.94 bits per heavy atom. The fourth-order valence-corrected chi connectivity index (χ4v) is 3.97. The van der Waals surface area contributed by atoms with Gasteiger partial charge in [0.1, 0.15) is 10.8 Å². The molecule has 0 saturated carbocycles. The minimum Gasteiger partial charge on any atom is -0.461 e. The third kappa shape index (κ3) is 3.95. The zero-order valence-corrected chi connectivity index (χ0v) is 17.1. The van der Waals surface area contributed by atoms with E-state index in [1.54, 1.807) is 42.6 Å². The smallest absolute Gasteiger partial charge is 0.359 e. The highest BCUT2D eigenvalue weighted by atomic mass is 32.1. The standard InChI is InChI=1S/C22H16FN3O4S/c1-2-30-22(29)18-16-12-31-20(24-19(27)13-7-4-3-5-8-13)17(16)21(28)26(25-18)15-10-6-9-14(23)11-15/h3-12H,2H2,1H3,(H,24,27). The highest BCUT2D eigenvalue weighted by molar-refractivity contribution is 7.16. The minimum atomic E-state index is -0.726. The molecule has 0 fully saturated rings. The molecule has 2 aromatic carbocycles. The largest absolute Gasteiger partial charge is 0.461 e. The van der Waals surface area contributed by atoms with E-state index in [2.05, 4.69) is 10.4 Å². The van der Waals surface area contributed by atoms with Crippen LogP contribution in [-0.2, 0) is 4.74 Å². The maximum Gasteiger partial charge on any atom is 0.359 e. The zero-order valence-electron chi connectivity index (χ0n) is 16.3. The number of anilines is 1. The van der Waals surface area contributed by atoms with Gasteiger partial charge < -0.3 is 10.1 Å². The first-order valence-electron chi connectivity index (χ1n) is 9.33. The molecule has 2 heterocycles. The summed E-state index contributed by atoms with van der Waals surface area (Å²) in [6.07, 6.45) is 0. The molecule has 0 aliphatic carbocycles. The van der Waals surface area contributed by atoms with Gasteiger partial charge in [-0.1, -0.05) is 24.3 Å². The first-order valence-corrected chi connectivity index (χ1v) is 10.2. The summed E-state index contributed by atoms with van der Waals surface area (Å²) in [4.78, 5) is 38.4. The number of hydrogen-bond donors (Lipinski definition) is 1. The minimum absolute atomic E-state index is 0.0941. The molecule has 7 nitrogen and oxygen atoms in total. The Hall–Kier alpha value is -3.85. The van der Waals surface area contributed by atoms with Crippen molar-refractivity contribution in [1.82, 2.24) is 9.78 Å². The molecular formula is C22H16FN3O4S. The van der Waals surface area contributed by atoms with Gasteiger partial charge in [0.25, 0.3) is 11.5 Å². The highest BCUT2D eigenvalue weighted by Crippen LogP contribution is 2.31. The first kappa shape index (κ1) is 20.4. The van der Waals surface area contributed by atoms with Crippen molar-refractivity contribution in [2.45, 2.75) is 6.92 Å². The molecule has 2 aromatic heterocycles. The lowest BCUT2D eigenvalue weighted by atomic mass is 10.2. The zero-order chi connectivity index (χ0) is 22.0. The normalized spacial score (nSPS) is 10.8. The number of amides is 1. The second-order valence-corrected chi connectivity index (χ2v) is 7.32. The summed E-state index contributed by atoms with van der Waals surface area (Å²) >= 11 is 1.09. The van der Waals surface area contributed by atoms with Gasteiger partial charge in [-0.05, 0) is 37.3 Å². The van der Waals surface area contributed by atoms with E-state index in [1.807, 2.05) is 0 Å². The number of nitrogens with zero attached hydrogens (tertiary/aromatic N) is 2. The molecule has 0 unspecified atom stereocenters. The van der Waals surface area contributed by atoms with Gasteiger partial charge >= 0.3 is 5.97 Å². The molecule has 156 valence electrons. The van der Waals surface area contributed by atoms with Crippen LogP contribution in [0.3, 0.4) is 0 Å². The molecule has 1 amide bonds. The predicted molar refractivity (Wildman–Crippen MR) is 116 cm³/mol.